The van der Waals surface area contributed by atoms with Crippen LogP contribution in [0.3, 0.4) is 0 Å². The summed E-state index contributed by atoms with van der Waals surface area (Å²) in [6.07, 6.45) is 0. The molecule has 278 valence electrons. The van der Waals surface area contributed by atoms with Crippen molar-refractivity contribution in [3.8, 4) is 67.7 Å². The minimum atomic E-state index is -0.00305. The summed E-state index contributed by atoms with van der Waals surface area (Å²) in [6.45, 7) is 6.79. The van der Waals surface area contributed by atoms with E-state index >= 15 is 0 Å². The fourth-order valence-electron chi connectivity index (χ4n) is 8.03. The third kappa shape index (κ3) is 6.49. The number of hydrogen-bond donors (Lipinski definition) is 0. The van der Waals surface area contributed by atoms with E-state index in [0.29, 0.717) is 5.82 Å². The van der Waals surface area contributed by atoms with E-state index in [1.54, 1.807) is 0 Å². The number of para-hydroxylation sites is 4. The number of anilines is 3. The first-order chi connectivity index (χ1) is 28.4. The number of aromatic nitrogens is 2. The molecular formula is C54H41N3O. The molecule has 1 aromatic heterocycles. The molecule has 0 bridgehead atoms. The van der Waals surface area contributed by atoms with Gasteiger partial charge in [0.15, 0.2) is 17.3 Å². The van der Waals surface area contributed by atoms with Gasteiger partial charge in [-0.05, 0) is 93.2 Å². The highest BCUT2D eigenvalue weighted by Crippen LogP contribution is 2.52. The minimum absolute atomic E-state index is 0.00305. The van der Waals surface area contributed by atoms with Gasteiger partial charge in [-0.3, -0.25) is 0 Å². The van der Waals surface area contributed by atoms with Gasteiger partial charge in [0.05, 0.1) is 28.5 Å². The highest BCUT2D eigenvalue weighted by atomic mass is 16.5. The molecule has 58 heavy (non-hydrogen) atoms. The van der Waals surface area contributed by atoms with E-state index < -0.39 is 0 Å². The molecule has 0 unspecified atom stereocenters. The zero-order valence-corrected chi connectivity index (χ0v) is 32.7. The fourth-order valence-corrected chi connectivity index (χ4v) is 8.03. The number of hydrogen-bond acceptors (Lipinski definition) is 4. The Hall–Kier alpha value is -7.30. The summed E-state index contributed by atoms with van der Waals surface area (Å²) in [7, 11) is 0. The SMILES string of the molecule is CC(C)(C)c1cccc(-c2cc(-c3nc(-c4ccccc4)cc(-c4ccccc4)n3)cc(-c3ccc(N4c5ccccc5Oc5ccccc54)c4ccccc34)c2)c1. The van der Waals surface area contributed by atoms with E-state index in [0.717, 1.165) is 89.7 Å². The Morgan fingerprint density at radius 3 is 1.57 bits per heavy atom. The van der Waals surface area contributed by atoms with Crippen LogP contribution in [0.2, 0.25) is 0 Å². The number of rotatable bonds is 6. The smallest absolute Gasteiger partial charge is 0.160 e. The summed E-state index contributed by atoms with van der Waals surface area (Å²) >= 11 is 0. The normalized spacial score (nSPS) is 12.2. The number of fused-ring (bicyclic) bond motifs is 3. The monoisotopic (exact) mass is 747 g/mol. The van der Waals surface area contributed by atoms with Crippen molar-refractivity contribution in [2.45, 2.75) is 26.2 Å². The molecule has 1 aliphatic heterocycles. The molecule has 0 fully saturated rings. The fraction of sp³-hybridized carbons (Fsp3) is 0.0741. The standard InChI is InChI=1S/C54H41N3O/c1-54(2,3)42-22-16-21-38(34-42)39-31-40(33-41(32-39)53-55-46(36-17-6-4-7-18-36)35-47(56-53)37-19-8-5-9-20-37)43-29-30-48(45-24-11-10-23-44(43)45)57-49-25-12-14-27-51(49)58-52-28-15-13-26-50(52)57/h4-35H,1-3H3. The molecule has 9 aromatic rings. The topological polar surface area (TPSA) is 38.2 Å². The largest absolute Gasteiger partial charge is 0.453 e. The summed E-state index contributed by atoms with van der Waals surface area (Å²) < 4.78 is 6.39. The Bertz CT molecular complexity index is 2860. The van der Waals surface area contributed by atoms with Crippen molar-refractivity contribution in [3.05, 3.63) is 200 Å². The molecule has 8 aromatic carbocycles. The van der Waals surface area contributed by atoms with Gasteiger partial charge in [-0.15, -0.1) is 0 Å². The lowest BCUT2D eigenvalue weighted by molar-refractivity contribution is 0.477. The van der Waals surface area contributed by atoms with Gasteiger partial charge in [0.1, 0.15) is 0 Å². The third-order valence-corrected chi connectivity index (χ3v) is 11.0. The number of benzene rings is 8. The molecule has 0 saturated carbocycles. The Balaban J connectivity index is 1.20. The van der Waals surface area contributed by atoms with Gasteiger partial charge in [0.25, 0.3) is 0 Å². The first-order valence-electron chi connectivity index (χ1n) is 19.8. The van der Waals surface area contributed by atoms with Crippen molar-refractivity contribution in [2.24, 2.45) is 0 Å². The molecule has 4 nitrogen and oxygen atoms in total. The van der Waals surface area contributed by atoms with Crippen LogP contribution in [0.5, 0.6) is 11.5 Å². The van der Waals surface area contributed by atoms with Crippen LogP contribution in [0.25, 0.3) is 66.9 Å². The van der Waals surface area contributed by atoms with E-state index in [2.05, 4.69) is 183 Å². The number of ether oxygens (including phenoxy) is 1. The first-order valence-corrected chi connectivity index (χ1v) is 19.8. The summed E-state index contributed by atoms with van der Waals surface area (Å²) in [5.74, 6) is 2.34. The second-order valence-electron chi connectivity index (χ2n) is 15.9. The van der Waals surface area contributed by atoms with E-state index in [-0.39, 0.29) is 5.41 Å². The van der Waals surface area contributed by atoms with Crippen LogP contribution in [0.4, 0.5) is 17.1 Å². The van der Waals surface area contributed by atoms with Crippen LogP contribution in [0, 0.1) is 0 Å². The predicted octanol–water partition coefficient (Wildman–Crippen LogP) is 14.8. The number of nitrogens with zero attached hydrogens (tertiary/aromatic N) is 3. The van der Waals surface area contributed by atoms with E-state index in [1.165, 1.54) is 5.56 Å². The lowest BCUT2D eigenvalue weighted by Crippen LogP contribution is -2.16. The maximum atomic E-state index is 6.39. The van der Waals surface area contributed by atoms with Crippen LogP contribution in [0.15, 0.2) is 194 Å². The molecule has 0 spiro atoms. The molecule has 0 atom stereocenters. The van der Waals surface area contributed by atoms with Gasteiger partial charge in [-0.1, -0.05) is 160 Å². The average molecular weight is 748 g/mol. The molecule has 0 radical (unpaired) electrons. The van der Waals surface area contributed by atoms with Crippen molar-refractivity contribution in [3.63, 3.8) is 0 Å². The highest BCUT2D eigenvalue weighted by Gasteiger charge is 2.27. The Morgan fingerprint density at radius 1 is 0.397 bits per heavy atom. The van der Waals surface area contributed by atoms with Gasteiger partial charge >= 0.3 is 0 Å². The van der Waals surface area contributed by atoms with E-state index in [1.807, 2.05) is 36.4 Å². The molecule has 0 N–H and O–H groups in total. The van der Waals surface area contributed by atoms with E-state index in [9.17, 15) is 0 Å². The van der Waals surface area contributed by atoms with Crippen LogP contribution in [0.1, 0.15) is 26.3 Å². The molecule has 10 rings (SSSR count). The lowest BCUT2D eigenvalue weighted by Gasteiger charge is -2.33. The van der Waals surface area contributed by atoms with Crippen LogP contribution in [-0.4, -0.2) is 9.97 Å². The highest BCUT2D eigenvalue weighted by molar-refractivity contribution is 6.07. The second-order valence-corrected chi connectivity index (χ2v) is 15.9. The molecule has 0 saturated heterocycles. The van der Waals surface area contributed by atoms with Crippen molar-refractivity contribution in [1.29, 1.82) is 0 Å². The van der Waals surface area contributed by atoms with Gasteiger partial charge in [0.2, 0.25) is 0 Å². The second kappa shape index (κ2) is 14.3. The quantitative estimate of drug-likeness (QED) is 0.170. The lowest BCUT2D eigenvalue weighted by atomic mass is 9.85. The zero-order chi connectivity index (χ0) is 39.2. The first kappa shape index (κ1) is 35.1. The zero-order valence-electron chi connectivity index (χ0n) is 32.7. The van der Waals surface area contributed by atoms with Crippen molar-refractivity contribution < 1.29 is 4.74 Å². The van der Waals surface area contributed by atoms with Gasteiger partial charge in [-0.2, -0.15) is 0 Å². The summed E-state index contributed by atoms with van der Waals surface area (Å²) in [6, 6.07) is 68.4. The molecular weight excluding hydrogens is 707 g/mol. The molecule has 2 heterocycles. The summed E-state index contributed by atoms with van der Waals surface area (Å²) in [4.78, 5) is 12.9. The maximum Gasteiger partial charge on any atom is 0.160 e. The van der Waals surface area contributed by atoms with Crippen LogP contribution < -0.4 is 9.64 Å². The molecule has 0 amide bonds. The van der Waals surface area contributed by atoms with Crippen molar-refractivity contribution >= 4 is 27.8 Å². The molecule has 1 aliphatic rings. The summed E-state index contributed by atoms with van der Waals surface area (Å²) in [5.41, 5.74) is 13.7. The predicted molar refractivity (Wildman–Crippen MR) is 240 cm³/mol. The minimum Gasteiger partial charge on any atom is -0.453 e. The average Bonchev–Trinajstić information content (AvgIpc) is 3.28. The van der Waals surface area contributed by atoms with Gasteiger partial charge in [0, 0.05) is 22.1 Å². The van der Waals surface area contributed by atoms with Gasteiger partial charge < -0.3 is 9.64 Å². The molecule has 0 aliphatic carbocycles. The maximum absolute atomic E-state index is 6.39. The van der Waals surface area contributed by atoms with Crippen molar-refractivity contribution in [2.75, 3.05) is 4.90 Å². The van der Waals surface area contributed by atoms with E-state index in [4.69, 9.17) is 14.7 Å². The third-order valence-electron chi connectivity index (χ3n) is 11.0. The Labute approximate surface area is 339 Å². The van der Waals surface area contributed by atoms with Crippen molar-refractivity contribution in [1.82, 2.24) is 9.97 Å². The van der Waals surface area contributed by atoms with Crippen LogP contribution >= 0.6 is 0 Å². The molecule has 4 heteroatoms. The Kier molecular flexibility index (Phi) is 8.68. The summed E-state index contributed by atoms with van der Waals surface area (Å²) in [5, 5.41) is 2.29. The van der Waals surface area contributed by atoms with Crippen LogP contribution in [-0.2, 0) is 5.41 Å². The van der Waals surface area contributed by atoms with Gasteiger partial charge in [-0.25, -0.2) is 9.97 Å². The Morgan fingerprint density at radius 2 is 0.931 bits per heavy atom.